The van der Waals surface area contributed by atoms with Gasteiger partial charge in [0.2, 0.25) is 0 Å². The minimum atomic E-state index is 0.551. The van der Waals surface area contributed by atoms with E-state index in [2.05, 4.69) is 29.2 Å². The maximum Gasteiger partial charge on any atom is 0.118 e. The van der Waals surface area contributed by atoms with E-state index in [-0.39, 0.29) is 0 Å². The monoisotopic (exact) mass is 254 g/mol. The molecule has 0 radical (unpaired) electrons. The molecule has 3 nitrogen and oxygen atoms in total. The number of oxime groups is 1. The molecular formula is C16H18N2O. The highest BCUT2D eigenvalue weighted by Gasteiger charge is 2.07. The summed E-state index contributed by atoms with van der Waals surface area (Å²) in [7, 11) is 0. The van der Waals surface area contributed by atoms with Crippen molar-refractivity contribution < 1.29 is 5.21 Å². The lowest BCUT2D eigenvalue weighted by molar-refractivity contribution is 0.319. The van der Waals surface area contributed by atoms with E-state index in [0.29, 0.717) is 5.71 Å². The molecule has 0 atom stereocenters. The normalized spacial score (nSPS) is 11.5. The van der Waals surface area contributed by atoms with Crippen LogP contribution in [0.25, 0.3) is 0 Å². The molecule has 2 aromatic rings. The second-order valence-electron chi connectivity index (χ2n) is 4.49. The molecule has 0 unspecified atom stereocenters. The van der Waals surface area contributed by atoms with Gasteiger partial charge in [-0.05, 0) is 30.5 Å². The number of hydrogen-bond acceptors (Lipinski definition) is 3. The zero-order valence-electron chi connectivity index (χ0n) is 11.1. The van der Waals surface area contributed by atoms with Crippen molar-refractivity contribution in [2.45, 2.75) is 26.2 Å². The first kappa shape index (κ1) is 13.3. The third kappa shape index (κ3) is 3.41. The Morgan fingerprint density at radius 3 is 2.53 bits per heavy atom. The number of aromatic nitrogens is 1. The summed E-state index contributed by atoms with van der Waals surface area (Å²) >= 11 is 0. The third-order valence-corrected chi connectivity index (χ3v) is 3.08. The first-order valence-corrected chi connectivity index (χ1v) is 6.57. The molecule has 1 heterocycles. The highest BCUT2D eigenvalue weighted by atomic mass is 16.4. The molecule has 0 spiro atoms. The summed E-state index contributed by atoms with van der Waals surface area (Å²) in [6, 6.07) is 11.9. The fourth-order valence-electron chi connectivity index (χ4n) is 2.00. The first-order chi connectivity index (χ1) is 9.35. The summed E-state index contributed by atoms with van der Waals surface area (Å²) < 4.78 is 0. The van der Waals surface area contributed by atoms with Crippen LogP contribution >= 0.6 is 0 Å². The number of aryl methyl sites for hydroxylation is 1. The van der Waals surface area contributed by atoms with Crippen molar-refractivity contribution in [2.24, 2.45) is 5.16 Å². The molecular weight excluding hydrogens is 236 g/mol. The van der Waals surface area contributed by atoms with E-state index in [1.54, 1.807) is 12.4 Å². The predicted molar refractivity (Wildman–Crippen MR) is 76.7 cm³/mol. The Morgan fingerprint density at radius 2 is 1.95 bits per heavy atom. The van der Waals surface area contributed by atoms with Gasteiger partial charge in [-0.15, -0.1) is 0 Å². The summed E-state index contributed by atoms with van der Waals surface area (Å²) in [6.45, 7) is 2.19. The van der Waals surface area contributed by atoms with E-state index in [0.717, 1.165) is 17.5 Å². The van der Waals surface area contributed by atoms with Crippen molar-refractivity contribution in [1.82, 2.24) is 4.98 Å². The van der Waals surface area contributed by atoms with Gasteiger partial charge in [0.15, 0.2) is 0 Å². The van der Waals surface area contributed by atoms with E-state index in [9.17, 15) is 5.21 Å². The highest BCUT2D eigenvalue weighted by Crippen LogP contribution is 2.13. The smallest absolute Gasteiger partial charge is 0.118 e. The van der Waals surface area contributed by atoms with Gasteiger partial charge in [-0.25, -0.2) is 0 Å². The zero-order valence-corrected chi connectivity index (χ0v) is 11.1. The van der Waals surface area contributed by atoms with E-state index < -0.39 is 0 Å². The topological polar surface area (TPSA) is 45.5 Å². The molecule has 19 heavy (non-hydrogen) atoms. The predicted octanol–water partition coefficient (Wildman–Crippen LogP) is 3.65. The minimum Gasteiger partial charge on any atom is -0.410 e. The van der Waals surface area contributed by atoms with Gasteiger partial charge in [-0.1, -0.05) is 42.8 Å². The largest absolute Gasteiger partial charge is 0.410 e. The number of hydrogen-bond donors (Lipinski definition) is 1. The first-order valence-electron chi connectivity index (χ1n) is 6.57. The van der Waals surface area contributed by atoms with Crippen molar-refractivity contribution in [3.05, 3.63) is 65.5 Å². The molecule has 0 saturated carbocycles. The van der Waals surface area contributed by atoms with Crippen molar-refractivity contribution >= 4 is 5.71 Å². The average Bonchev–Trinajstić information content (AvgIpc) is 2.48. The standard InChI is InChI=1S/C16H18N2O/c1-2-3-5-13-7-9-14(10-8-13)16(18-19)15-6-4-11-17-12-15/h4,6-12,19H,2-3,5H2,1H3. The van der Waals surface area contributed by atoms with Crippen LogP contribution < -0.4 is 0 Å². The van der Waals surface area contributed by atoms with Crippen LogP contribution in [0, 0.1) is 0 Å². The minimum absolute atomic E-state index is 0.551. The summed E-state index contributed by atoms with van der Waals surface area (Å²) in [4.78, 5) is 4.05. The van der Waals surface area contributed by atoms with Crippen LogP contribution in [0.1, 0.15) is 36.5 Å². The fourth-order valence-corrected chi connectivity index (χ4v) is 2.00. The molecule has 0 aliphatic carbocycles. The van der Waals surface area contributed by atoms with Crippen molar-refractivity contribution in [3.63, 3.8) is 0 Å². The van der Waals surface area contributed by atoms with Crippen LogP contribution in [0.15, 0.2) is 53.9 Å². The van der Waals surface area contributed by atoms with Crippen LogP contribution in [-0.2, 0) is 6.42 Å². The number of benzene rings is 1. The maximum absolute atomic E-state index is 9.20. The summed E-state index contributed by atoms with van der Waals surface area (Å²) in [6.07, 6.45) is 6.88. The summed E-state index contributed by atoms with van der Waals surface area (Å²) in [5.41, 5.74) is 3.58. The van der Waals surface area contributed by atoms with Crippen LogP contribution in [0.4, 0.5) is 0 Å². The molecule has 0 fully saturated rings. The maximum atomic E-state index is 9.20. The molecule has 3 heteroatoms. The van der Waals surface area contributed by atoms with Crippen LogP contribution in [0.2, 0.25) is 0 Å². The Kier molecular flexibility index (Phi) is 4.67. The molecule has 1 aromatic carbocycles. The van der Waals surface area contributed by atoms with Gasteiger partial charge in [0, 0.05) is 23.5 Å². The van der Waals surface area contributed by atoms with Gasteiger partial charge < -0.3 is 5.21 Å². The van der Waals surface area contributed by atoms with Gasteiger partial charge in [-0.2, -0.15) is 0 Å². The Bertz CT molecular complexity index is 532. The molecule has 0 bridgehead atoms. The average molecular weight is 254 g/mol. The SMILES string of the molecule is CCCCc1ccc(C(=NO)c2cccnc2)cc1. The van der Waals surface area contributed by atoms with Gasteiger partial charge in [-0.3, -0.25) is 4.98 Å². The lowest BCUT2D eigenvalue weighted by Crippen LogP contribution is -2.03. The lowest BCUT2D eigenvalue weighted by atomic mass is 10.0. The molecule has 0 amide bonds. The quantitative estimate of drug-likeness (QED) is 0.503. The Labute approximate surface area is 113 Å². The molecule has 1 aromatic heterocycles. The van der Waals surface area contributed by atoms with Crippen molar-refractivity contribution in [2.75, 3.05) is 0 Å². The van der Waals surface area contributed by atoms with Crippen LogP contribution in [-0.4, -0.2) is 15.9 Å². The fraction of sp³-hybridized carbons (Fsp3) is 0.250. The Hall–Kier alpha value is -2.16. The second-order valence-corrected chi connectivity index (χ2v) is 4.49. The highest BCUT2D eigenvalue weighted by molar-refractivity contribution is 6.12. The summed E-state index contributed by atoms with van der Waals surface area (Å²) in [5.74, 6) is 0. The Balaban J connectivity index is 2.21. The van der Waals surface area contributed by atoms with E-state index in [4.69, 9.17) is 0 Å². The van der Waals surface area contributed by atoms with Crippen LogP contribution in [0.5, 0.6) is 0 Å². The third-order valence-electron chi connectivity index (χ3n) is 3.08. The number of unbranched alkanes of at least 4 members (excludes halogenated alkanes) is 1. The summed E-state index contributed by atoms with van der Waals surface area (Å²) in [5, 5.41) is 12.6. The molecule has 98 valence electrons. The van der Waals surface area contributed by atoms with E-state index in [1.165, 1.54) is 18.4 Å². The van der Waals surface area contributed by atoms with E-state index in [1.807, 2.05) is 24.3 Å². The van der Waals surface area contributed by atoms with Crippen molar-refractivity contribution in [1.29, 1.82) is 0 Å². The number of pyridine rings is 1. The lowest BCUT2D eigenvalue weighted by Gasteiger charge is -2.06. The molecule has 2 rings (SSSR count). The molecule has 0 saturated heterocycles. The molecule has 0 aliphatic rings. The van der Waals surface area contributed by atoms with Gasteiger partial charge in [0.25, 0.3) is 0 Å². The second kappa shape index (κ2) is 6.69. The Morgan fingerprint density at radius 1 is 1.16 bits per heavy atom. The van der Waals surface area contributed by atoms with Gasteiger partial charge >= 0.3 is 0 Å². The van der Waals surface area contributed by atoms with Gasteiger partial charge in [0.1, 0.15) is 5.71 Å². The number of nitrogens with zero attached hydrogens (tertiary/aromatic N) is 2. The zero-order chi connectivity index (χ0) is 13.5. The molecule has 1 N–H and O–H groups in total. The van der Waals surface area contributed by atoms with Crippen LogP contribution in [0.3, 0.4) is 0 Å². The van der Waals surface area contributed by atoms with Crippen molar-refractivity contribution in [3.8, 4) is 0 Å². The number of rotatable bonds is 5. The molecule has 0 aliphatic heterocycles. The van der Waals surface area contributed by atoms with E-state index >= 15 is 0 Å². The van der Waals surface area contributed by atoms with Gasteiger partial charge in [0.05, 0.1) is 0 Å².